The van der Waals surface area contributed by atoms with Gasteiger partial charge in [0, 0.05) is 12.1 Å². The third kappa shape index (κ3) is 2.29. The summed E-state index contributed by atoms with van der Waals surface area (Å²) in [4.78, 5) is 25.7. The van der Waals surface area contributed by atoms with Gasteiger partial charge in [0.05, 0.1) is 0 Å². The molecule has 22 heavy (non-hydrogen) atoms. The van der Waals surface area contributed by atoms with Gasteiger partial charge in [-0.05, 0) is 68.6 Å². The first-order valence-corrected chi connectivity index (χ1v) is 8.76. The molecule has 5 nitrogen and oxygen atoms in total. The number of nitrogens with zero attached hydrogens (tertiary/aromatic N) is 1. The number of carboxylic acid groups (broad SMARTS) is 1. The van der Waals surface area contributed by atoms with Crippen molar-refractivity contribution in [1.29, 1.82) is 0 Å². The van der Waals surface area contributed by atoms with E-state index >= 15 is 0 Å². The highest BCUT2D eigenvalue weighted by molar-refractivity contribution is 5.83. The Morgan fingerprint density at radius 3 is 2.09 bits per heavy atom. The van der Waals surface area contributed by atoms with Crippen LogP contribution >= 0.6 is 0 Å². The van der Waals surface area contributed by atoms with Gasteiger partial charge in [0.2, 0.25) is 0 Å². The first kappa shape index (κ1) is 14.3. The summed E-state index contributed by atoms with van der Waals surface area (Å²) in [7, 11) is 0. The molecule has 4 aliphatic carbocycles. The lowest BCUT2D eigenvalue weighted by atomic mass is 9.53. The molecule has 0 radical (unpaired) electrons. The van der Waals surface area contributed by atoms with E-state index in [1.807, 2.05) is 6.92 Å². The zero-order chi connectivity index (χ0) is 15.5. The molecule has 5 aliphatic rings. The minimum absolute atomic E-state index is 0.0410. The summed E-state index contributed by atoms with van der Waals surface area (Å²) in [5.41, 5.74) is -0.0410. The summed E-state index contributed by atoms with van der Waals surface area (Å²) < 4.78 is 0. The number of carboxylic acids is 1. The highest BCUT2D eigenvalue weighted by Gasteiger charge is 2.52. The summed E-state index contributed by atoms with van der Waals surface area (Å²) in [5.74, 6) is 1.73. The maximum atomic E-state index is 12.7. The normalized spacial score (nSPS) is 46.0. The Kier molecular flexibility index (Phi) is 3.17. The maximum Gasteiger partial charge on any atom is 0.326 e. The van der Waals surface area contributed by atoms with Crippen LogP contribution in [-0.4, -0.2) is 40.1 Å². The van der Waals surface area contributed by atoms with Crippen LogP contribution in [0.1, 0.15) is 51.9 Å². The number of amides is 2. The minimum Gasteiger partial charge on any atom is -0.480 e. The lowest BCUT2D eigenvalue weighted by molar-refractivity contribution is -0.141. The number of nitrogens with one attached hydrogen (secondary N) is 1. The van der Waals surface area contributed by atoms with Gasteiger partial charge < -0.3 is 15.3 Å². The zero-order valence-electron chi connectivity index (χ0n) is 13.3. The minimum atomic E-state index is -0.870. The van der Waals surface area contributed by atoms with Gasteiger partial charge in [-0.3, -0.25) is 0 Å². The van der Waals surface area contributed by atoms with Crippen molar-refractivity contribution in [2.75, 3.05) is 6.54 Å². The third-order valence-corrected chi connectivity index (χ3v) is 6.47. The van der Waals surface area contributed by atoms with Crippen LogP contribution in [-0.2, 0) is 4.79 Å². The van der Waals surface area contributed by atoms with Crippen LogP contribution in [0.4, 0.5) is 4.79 Å². The second kappa shape index (κ2) is 4.87. The first-order valence-electron chi connectivity index (χ1n) is 8.76. The molecule has 2 atom stereocenters. The molecule has 1 aliphatic heterocycles. The number of carbonyl (C=O) groups is 2. The van der Waals surface area contributed by atoms with Crippen LogP contribution in [0, 0.1) is 23.7 Å². The predicted molar refractivity (Wildman–Crippen MR) is 81.3 cm³/mol. The molecule has 0 spiro atoms. The zero-order valence-corrected chi connectivity index (χ0v) is 13.3. The van der Waals surface area contributed by atoms with Crippen LogP contribution < -0.4 is 5.32 Å². The lowest BCUT2D eigenvalue weighted by Crippen LogP contribution is -2.62. The van der Waals surface area contributed by atoms with E-state index < -0.39 is 12.0 Å². The van der Waals surface area contributed by atoms with Crippen LogP contribution in [0.3, 0.4) is 0 Å². The SMILES string of the molecule is CC1CC(C(=O)O)N(C(=O)NC23CC4CC(CC(C4)C2)C3)C1. The van der Waals surface area contributed by atoms with Crippen molar-refractivity contribution in [3.05, 3.63) is 0 Å². The smallest absolute Gasteiger partial charge is 0.326 e. The van der Waals surface area contributed by atoms with Gasteiger partial charge in [0.15, 0.2) is 0 Å². The molecule has 5 heteroatoms. The van der Waals surface area contributed by atoms with E-state index in [0.29, 0.717) is 13.0 Å². The molecule has 5 fully saturated rings. The molecule has 2 unspecified atom stereocenters. The van der Waals surface area contributed by atoms with Gasteiger partial charge in [-0.1, -0.05) is 6.92 Å². The number of aliphatic carboxylic acids is 1. The quantitative estimate of drug-likeness (QED) is 0.823. The maximum absolute atomic E-state index is 12.7. The van der Waals surface area contributed by atoms with Crippen molar-refractivity contribution in [2.45, 2.75) is 63.5 Å². The predicted octanol–water partition coefficient (Wildman–Crippen LogP) is 2.46. The average Bonchev–Trinajstić information content (AvgIpc) is 2.79. The van der Waals surface area contributed by atoms with E-state index in [-0.39, 0.29) is 17.5 Å². The Balaban J connectivity index is 1.49. The summed E-state index contributed by atoms with van der Waals surface area (Å²) in [5, 5.41) is 12.7. The summed E-state index contributed by atoms with van der Waals surface area (Å²) in [6, 6.07) is -0.789. The van der Waals surface area contributed by atoms with Crippen LogP contribution in [0.25, 0.3) is 0 Å². The molecule has 2 amide bonds. The van der Waals surface area contributed by atoms with E-state index in [0.717, 1.165) is 37.0 Å². The second-order valence-electron chi connectivity index (χ2n) is 8.48. The van der Waals surface area contributed by atoms with Gasteiger partial charge in [-0.25, -0.2) is 9.59 Å². The monoisotopic (exact) mass is 306 g/mol. The second-order valence-corrected chi connectivity index (χ2v) is 8.48. The number of urea groups is 1. The Hall–Kier alpha value is -1.26. The highest BCUT2D eigenvalue weighted by atomic mass is 16.4. The Morgan fingerprint density at radius 2 is 1.59 bits per heavy atom. The van der Waals surface area contributed by atoms with E-state index in [1.54, 1.807) is 4.90 Å². The van der Waals surface area contributed by atoms with Gasteiger partial charge in [-0.15, -0.1) is 0 Å². The molecule has 2 N–H and O–H groups in total. The van der Waals surface area contributed by atoms with E-state index in [4.69, 9.17) is 0 Å². The molecular weight excluding hydrogens is 280 g/mol. The fourth-order valence-corrected chi connectivity index (χ4v) is 6.07. The highest BCUT2D eigenvalue weighted by Crippen LogP contribution is 2.55. The molecular formula is C17H26N2O3. The number of likely N-dealkylation sites (tertiary alicyclic amines) is 1. The molecule has 0 aromatic rings. The number of hydrogen-bond acceptors (Lipinski definition) is 2. The van der Waals surface area contributed by atoms with E-state index in [2.05, 4.69) is 5.32 Å². The molecule has 5 rings (SSSR count). The molecule has 0 aromatic heterocycles. The molecule has 1 saturated heterocycles. The summed E-state index contributed by atoms with van der Waals surface area (Å²) in [6.07, 6.45) is 7.90. The molecule has 1 heterocycles. The van der Waals surface area contributed by atoms with E-state index in [9.17, 15) is 14.7 Å². The molecule has 4 saturated carbocycles. The lowest BCUT2D eigenvalue weighted by Gasteiger charge is -2.57. The first-order chi connectivity index (χ1) is 10.4. The van der Waals surface area contributed by atoms with Crippen molar-refractivity contribution in [2.24, 2.45) is 23.7 Å². The third-order valence-electron chi connectivity index (χ3n) is 6.47. The van der Waals surface area contributed by atoms with Crippen LogP contribution in [0.5, 0.6) is 0 Å². The standard InChI is InChI=1S/C17H26N2O3/c1-10-2-14(15(20)21)19(9-10)16(22)18-17-6-11-3-12(7-17)5-13(4-11)8-17/h10-14H,2-9H2,1H3,(H,18,22)(H,20,21). The molecule has 4 bridgehead atoms. The van der Waals surface area contributed by atoms with Crippen molar-refractivity contribution in [3.8, 4) is 0 Å². The molecule has 0 aromatic carbocycles. The Labute approximate surface area is 131 Å². The van der Waals surface area contributed by atoms with Gasteiger partial charge in [0.1, 0.15) is 6.04 Å². The van der Waals surface area contributed by atoms with Crippen LogP contribution in [0.15, 0.2) is 0 Å². The van der Waals surface area contributed by atoms with Gasteiger partial charge >= 0.3 is 12.0 Å². The Bertz CT molecular complexity index is 469. The van der Waals surface area contributed by atoms with Crippen molar-refractivity contribution in [3.63, 3.8) is 0 Å². The van der Waals surface area contributed by atoms with Crippen molar-refractivity contribution >= 4 is 12.0 Å². The number of rotatable bonds is 2. The van der Waals surface area contributed by atoms with Crippen LogP contribution in [0.2, 0.25) is 0 Å². The van der Waals surface area contributed by atoms with E-state index in [1.165, 1.54) is 19.3 Å². The Morgan fingerprint density at radius 1 is 1.05 bits per heavy atom. The van der Waals surface area contributed by atoms with Crippen molar-refractivity contribution < 1.29 is 14.7 Å². The largest absolute Gasteiger partial charge is 0.480 e. The number of carbonyl (C=O) groups excluding carboxylic acids is 1. The van der Waals surface area contributed by atoms with Crippen molar-refractivity contribution in [1.82, 2.24) is 10.2 Å². The molecule has 122 valence electrons. The summed E-state index contributed by atoms with van der Waals surface area (Å²) in [6.45, 7) is 2.59. The average molecular weight is 306 g/mol. The summed E-state index contributed by atoms with van der Waals surface area (Å²) >= 11 is 0. The van der Waals surface area contributed by atoms with Gasteiger partial charge in [-0.2, -0.15) is 0 Å². The topological polar surface area (TPSA) is 69.6 Å². The van der Waals surface area contributed by atoms with Gasteiger partial charge in [0.25, 0.3) is 0 Å². The fraction of sp³-hybridized carbons (Fsp3) is 0.882. The number of hydrogen-bond donors (Lipinski definition) is 2. The fourth-order valence-electron chi connectivity index (χ4n) is 6.07.